The number of hydrogen-bond acceptors (Lipinski definition) is 2. The van der Waals surface area contributed by atoms with E-state index in [1.807, 2.05) is 13.8 Å². The van der Waals surface area contributed by atoms with Crippen LogP contribution in [-0.4, -0.2) is 18.5 Å². The summed E-state index contributed by atoms with van der Waals surface area (Å²) in [7, 11) is 1.71. The molecule has 0 radical (unpaired) electrons. The van der Waals surface area contributed by atoms with Crippen LogP contribution in [-0.2, 0) is 22.4 Å². The fourth-order valence-electron chi connectivity index (χ4n) is 2.70. The maximum Gasteiger partial charge on any atom is 0.136 e. The molecule has 0 bridgehead atoms. The molecule has 19 heavy (non-hydrogen) atoms. The van der Waals surface area contributed by atoms with E-state index in [9.17, 15) is 4.79 Å². The zero-order valence-corrected chi connectivity index (χ0v) is 12.2. The lowest BCUT2D eigenvalue weighted by molar-refractivity contribution is -0.124. The van der Waals surface area contributed by atoms with Gasteiger partial charge in [-0.15, -0.1) is 0 Å². The Morgan fingerprint density at radius 1 is 1.32 bits per heavy atom. The van der Waals surface area contributed by atoms with E-state index in [1.165, 1.54) is 11.1 Å². The topological polar surface area (TPSA) is 26.3 Å². The van der Waals surface area contributed by atoms with Gasteiger partial charge in [-0.3, -0.25) is 4.79 Å². The van der Waals surface area contributed by atoms with Gasteiger partial charge in [0.05, 0.1) is 5.60 Å². The van der Waals surface area contributed by atoms with Crippen molar-refractivity contribution >= 4 is 5.78 Å². The summed E-state index contributed by atoms with van der Waals surface area (Å²) in [6, 6.07) is 8.50. The van der Waals surface area contributed by atoms with Crippen LogP contribution in [0.1, 0.15) is 44.2 Å². The molecule has 0 spiro atoms. The number of Topliss-reactive ketones (excluding diaryl/α,β-unsaturated/α-hetero) is 1. The summed E-state index contributed by atoms with van der Waals surface area (Å²) in [4.78, 5) is 12.3. The van der Waals surface area contributed by atoms with Crippen LogP contribution in [0.3, 0.4) is 0 Å². The van der Waals surface area contributed by atoms with Gasteiger partial charge in [0.15, 0.2) is 0 Å². The first-order valence-corrected chi connectivity index (χ1v) is 7.16. The first-order chi connectivity index (χ1) is 9.02. The molecule has 0 N–H and O–H groups in total. The number of carbonyl (C=O) groups excluding carboxylic acids is 1. The Balaban J connectivity index is 1.92. The minimum absolute atomic E-state index is 0.192. The monoisotopic (exact) mass is 260 g/mol. The molecule has 0 aromatic heterocycles. The number of carbonyl (C=O) groups is 1. The van der Waals surface area contributed by atoms with Crippen LogP contribution in [0.15, 0.2) is 24.3 Å². The van der Waals surface area contributed by atoms with Crippen molar-refractivity contribution in [3.63, 3.8) is 0 Å². The molecule has 1 unspecified atom stereocenters. The van der Waals surface area contributed by atoms with Crippen molar-refractivity contribution in [2.24, 2.45) is 5.92 Å². The highest BCUT2D eigenvalue weighted by Crippen LogP contribution is 2.28. The minimum atomic E-state index is -0.192. The number of ether oxygens (including phenoxy) is 1. The second-order valence-electron chi connectivity index (χ2n) is 6.14. The summed E-state index contributed by atoms with van der Waals surface area (Å²) in [5, 5.41) is 0. The third-order valence-electron chi connectivity index (χ3n) is 4.33. The van der Waals surface area contributed by atoms with E-state index in [4.69, 9.17) is 4.74 Å². The molecule has 2 rings (SSSR count). The summed E-state index contributed by atoms with van der Waals surface area (Å²) in [6.07, 6.45) is 4.40. The van der Waals surface area contributed by atoms with Crippen molar-refractivity contribution in [3.8, 4) is 0 Å². The van der Waals surface area contributed by atoms with Crippen molar-refractivity contribution in [1.29, 1.82) is 0 Å². The third-order valence-corrected chi connectivity index (χ3v) is 4.33. The lowest BCUT2D eigenvalue weighted by atomic mass is 9.80. The van der Waals surface area contributed by atoms with E-state index in [1.54, 1.807) is 7.11 Å². The summed E-state index contributed by atoms with van der Waals surface area (Å²) in [5.41, 5.74) is 2.59. The highest BCUT2D eigenvalue weighted by Gasteiger charge is 2.26. The Kier molecular flexibility index (Phi) is 4.41. The fraction of sp³-hybridized carbons (Fsp3) is 0.588. The normalized spacial score (nSPS) is 19.0. The van der Waals surface area contributed by atoms with Gasteiger partial charge < -0.3 is 4.74 Å². The van der Waals surface area contributed by atoms with E-state index in [-0.39, 0.29) is 11.5 Å². The van der Waals surface area contributed by atoms with Crippen molar-refractivity contribution in [3.05, 3.63) is 35.4 Å². The highest BCUT2D eigenvalue weighted by molar-refractivity contribution is 5.81. The van der Waals surface area contributed by atoms with Gasteiger partial charge in [0.2, 0.25) is 0 Å². The Morgan fingerprint density at radius 2 is 2.00 bits per heavy atom. The molecule has 1 aliphatic carbocycles. The number of rotatable bonds is 5. The molecule has 104 valence electrons. The highest BCUT2D eigenvalue weighted by atomic mass is 16.5. The largest absolute Gasteiger partial charge is 0.379 e. The molecule has 0 amide bonds. The molecule has 0 saturated carbocycles. The van der Waals surface area contributed by atoms with Crippen molar-refractivity contribution in [1.82, 2.24) is 0 Å². The fourth-order valence-corrected chi connectivity index (χ4v) is 2.70. The molecule has 1 atom stereocenters. The van der Waals surface area contributed by atoms with Crippen LogP contribution < -0.4 is 0 Å². The van der Waals surface area contributed by atoms with E-state index >= 15 is 0 Å². The van der Waals surface area contributed by atoms with Crippen LogP contribution in [0, 0.1) is 5.92 Å². The van der Waals surface area contributed by atoms with Gasteiger partial charge in [-0.1, -0.05) is 24.3 Å². The summed E-state index contributed by atoms with van der Waals surface area (Å²) >= 11 is 0. The first kappa shape index (κ1) is 14.3. The predicted octanol–water partition coefficient (Wildman–Crippen LogP) is 3.57. The maximum absolute atomic E-state index is 12.3. The van der Waals surface area contributed by atoms with E-state index in [0.29, 0.717) is 12.2 Å². The number of methoxy groups -OCH3 is 1. The zero-order valence-electron chi connectivity index (χ0n) is 12.2. The average molecular weight is 260 g/mol. The number of ketones is 1. The second-order valence-corrected chi connectivity index (χ2v) is 6.14. The molecular weight excluding hydrogens is 236 g/mol. The molecule has 0 aliphatic heterocycles. The lowest BCUT2D eigenvalue weighted by Crippen LogP contribution is -2.27. The summed E-state index contributed by atoms with van der Waals surface area (Å²) in [6.45, 7) is 4.08. The Bertz CT molecular complexity index is 448. The summed E-state index contributed by atoms with van der Waals surface area (Å²) in [5.74, 6) is 0.613. The molecule has 2 nitrogen and oxygen atoms in total. The summed E-state index contributed by atoms with van der Waals surface area (Å²) < 4.78 is 5.38. The van der Waals surface area contributed by atoms with Crippen LogP contribution in [0.4, 0.5) is 0 Å². The number of hydrogen-bond donors (Lipinski definition) is 0. The molecule has 0 fully saturated rings. The van der Waals surface area contributed by atoms with E-state index in [0.717, 1.165) is 25.7 Å². The maximum atomic E-state index is 12.3. The van der Waals surface area contributed by atoms with Crippen LogP contribution >= 0.6 is 0 Å². The molecule has 1 aromatic rings. The minimum Gasteiger partial charge on any atom is -0.379 e. The van der Waals surface area contributed by atoms with Gasteiger partial charge in [-0.25, -0.2) is 0 Å². The molecule has 1 aliphatic rings. The van der Waals surface area contributed by atoms with E-state index in [2.05, 4.69) is 24.3 Å². The average Bonchev–Trinajstić information content (AvgIpc) is 2.44. The standard InChI is InChI=1S/C17H24O2/c1-17(2,19-3)11-10-16(18)15-9-8-13-6-4-5-7-14(13)12-15/h4-7,15H,8-12H2,1-3H3. The molecule has 1 aromatic carbocycles. The third kappa shape index (κ3) is 3.66. The van der Waals surface area contributed by atoms with Gasteiger partial charge in [0.25, 0.3) is 0 Å². The van der Waals surface area contributed by atoms with Gasteiger partial charge >= 0.3 is 0 Å². The number of benzene rings is 1. The Hall–Kier alpha value is -1.15. The van der Waals surface area contributed by atoms with Crippen molar-refractivity contribution < 1.29 is 9.53 Å². The Morgan fingerprint density at radius 3 is 2.68 bits per heavy atom. The molecule has 0 heterocycles. The SMILES string of the molecule is COC(C)(C)CCC(=O)C1CCc2ccccc2C1. The smallest absolute Gasteiger partial charge is 0.136 e. The second kappa shape index (κ2) is 5.87. The first-order valence-electron chi connectivity index (χ1n) is 7.16. The van der Waals surface area contributed by atoms with Gasteiger partial charge in [-0.05, 0) is 50.7 Å². The van der Waals surface area contributed by atoms with Crippen molar-refractivity contribution in [2.75, 3.05) is 7.11 Å². The number of fused-ring (bicyclic) bond motifs is 1. The molecule has 2 heteroatoms. The van der Waals surface area contributed by atoms with Gasteiger partial charge in [0, 0.05) is 19.4 Å². The van der Waals surface area contributed by atoms with Crippen LogP contribution in [0.2, 0.25) is 0 Å². The van der Waals surface area contributed by atoms with Gasteiger partial charge in [-0.2, -0.15) is 0 Å². The van der Waals surface area contributed by atoms with Crippen LogP contribution in [0.5, 0.6) is 0 Å². The quantitative estimate of drug-likeness (QED) is 0.809. The Labute approximate surface area is 116 Å². The van der Waals surface area contributed by atoms with Crippen LogP contribution in [0.25, 0.3) is 0 Å². The van der Waals surface area contributed by atoms with Crippen molar-refractivity contribution in [2.45, 2.75) is 51.6 Å². The number of aryl methyl sites for hydroxylation is 1. The lowest BCUT2D eigenvalue weighted by Gasteiger charge is -2.26. The zero-order chi connectivity index (χ0) is 13.9. The predicted molar refractivity (Wildman–Crippen MR) is 77.3 cm³/mol. The molecule has 0 saturated heterocycles. The van der Waals surface area contributed by atoms with E-state index < -0.39 is 0 Å². The molecular formula is C17H24O2. The van der Waals surface area contributed by atoms with Gasteiger partial charge in [0.1, 0.15) is 5.78 Å².